The first-order valence-corrected chi connectivity index (χ1v) is 9.83. The van der Waals surface area contributed by atoms with Crippen molar-refractivity contribution < 1.29 is 30.7 Å². The van der Waals surface area contributed by atoms with Gasteiger partial charge in [-0.1, -0.05) is 39.0 Å². The van der Waals surface area contributed by atoms with E-state index in [1.165, 1.54) is 19.3 Å². The molecule has 0 atom stereocenters. The molecule has 26 heavy (non-hydrogen) atoms. The third kappa shape index (κ3) is 4.49. The summed E-state index contributed by atoms with van der Waals surface area (Å²) >= 11 is 0. The van der Waals surface area contributed by atoms with Gasteiger partial charge in [-0.3, -0.25) is 0 Å². The second-order valence-electron chi connectivity index (χ2n) is 8.23. The van der Waals surface area contributed by atoms with E-state index in [1.54, 1.807) is 0 Å². The Morgan fingerprint density at radius 1 is 0.692 bits per heavy atom. The van der Waals surface area contributed by atoms with E-state index in [0.717, 1.165) is 31.6 Å². The minimum Gasteiger partial charge on any atom is -0.199 e. The molecule has 0 unspecified atom stereocenters. The zero-order valence-corrected chi connectivity index (χ0v) is 15.2. The molecule has 2 aliphatic carbocycles. The lowest BCUT2D eigenvalue weighted by Crippen LogP contribution is -2.56. The lowest BCUT2D eigenvalue weighted by atomic mass is 9.67. The molecular weight excluding hydrogens is 361 g/mol. The maximum absolute atomic E-state index is 13.9. The van der Waals surface area contributed by atoms with Crippen molar-refractivity contribution in [2.24, 2.45) is 23.7 Å². The van der Waals surface area contributed by atoms with Crippen LogP contribution in [0.25, 0.3) is 0 Å². The fourth-order valence-electron chi connectivity index (χ4n) is 4.84. The zero-order chi connectivity index (χ0) is 19.6. The van der Waals surface area contributed by atoms with Gasteiger partial charge in [0.15, 0.2) is 0 Å². The van der Waals surface area contributed by atoms with Gasteiger partial charge in [-0.05, 0) is 56.3 Å². The highest BCUT2D eigenvalue weighted by atomic mass is 19.4. The van der Waals surface area contributed by atoms with Crippen LogP contribution < -0.4 is 0 Å². The first kappa shape index (κ1) is 21.8. The Morgan fingerprint density at radius 2 is 1.15 bits per heavy atom. The standard InChI is InChI=1S/C19H29F7/c1-2-3-4-13-5-7-14(8-6-13)15-9-11-16(12-10-15)17(20,21)18(22,23)19(24,25)26/h13-16H,2-12H2,1H3/t13-,14-,15?,16?. The number of halogens is 7. The molecule has 0 aromatic rings. The van der Waals surface area contributed by atoms with Crippen molar-refractivity contribution in [3.05, 3.63) is 0 Å². The summed E-state index contributed by atoms with van der Waals surface area (Å²) in [5.74, 6) is -11.6. The van der Waals surface area contributed by atoms with Crippen LogP contribution in [0, 0.1) is 23.7 Å². The Morgan fingerprint density at radius 3 is 1.58 bits per heavy atom. The summed E-state index contributed by atoms with van der Waals surface area (Å²) in [6.45, 7) is 2.15. The Bertz CT molecular complexity index is 428. The van der Waals surface area contributed by atoms with Crippen LogP contribution in [0.3, 0.4) is 0 Å². The van der Waals surface area contributed by atoms with E-state index in [4.69, 9.17) is 0 Å². The average molecular weight is 390 g/mol. The molecule has 0 aromatic carbocycles. The second kappa shape index (κ2) is 8.26. The Kier molecular flexibility index (Phi) is 6.92. The first-order valence-electron chi connectivity index (χ1n) is 9.83. The molecule has 2 aliphatic rings. The van der Waals surface area contributed by atoms with Crippen molar-refractivity contribution in [3.8, 4) is 0 Å². The maximum atomic E-state index is 13.9. The van der Waals surface area contributed by atoms with Crippen LogP contribution in [0.5, 0.6) is 0 Å². The Labute approximate surface area is 150 Å². The minimum absolute atomic E-state index is 0.189. The average Bonchev–Trinajstić information content (AvgIpc) is 2.59. The van der Waals surface area contributed by atoms with Crippen LogP contribution in [0.4, 0.5) is 30.7 Å². The number of alkyl halides is 7. The van der Waals surface area contributed by atoms with Crippen molar-refractivity contribution in [2.45, 2.75) is 95.6 Å². The number of rotatable bonds is 6. The monoisotopic (exact) mass is 390 g/mol. The topological polar surface area (TPSA) is 0 Å². The van der Waals surface area contributed by atoms with E-state index in [-0.39, 0.29) is 18.8 Å². The van der Waals surface area contributed by atoms with E-state index in [0.29, 0.717) is 18.8 Å². The normalized spacial score (nSPS) is 31.8. The van der Waals surface area contributed by atoms with Crippen LogP contribution in [0.15, 0.2) is 0 Å². The molecule has 0 nitrogen and oxygen atoms in total. The van der Waals surface area contributed by atoms with Gasteiger partial charge < -0.3 is 0 Å². The SMILES string of the molecule is CCCC[C@H]1CC[C@H](C2CCC(C(F)(F)C(F)(F)C(F)(F)F)CC2)CC1. The molecule has 2 fully saturated rings. The van der Waals surface area contributed by atoms with Gasteiger partial charge in [-0.15, -0.1) is 0 Å². The predicted molar refractivity (Wildman–Crippen MR) is 86.4 cm³/mol. The molecule has 0 saturated heterocycles. The molecule has 7 heteroatoms. The van der Waals surface area contributed by atoms with Gasteiger partial charge in [0.2, 0.25) is 0 Å². The third-order valence-corrected chi connectivity index (χ3v) is 6.58. The molecule has 2 saturated carbocycles. The number of unbranched alkanes of at least 4 members (excludes halogenated alkanes) is 1. The third-order valence-electron chi connectivity index (χ3n) is 6.58. The second-order valence-corrected chi connectivity index (χ2v) is 8.23. The van der Waals surface area contributed by atoms with Crippen molar-refractivity contribution in [3.63, 3.8) is 0 Å². The van der Waals surface area contributed by atoms with Crippen molar-refractivity contribution >= 4 is 0 Å². The van der Waals surface area contributed by atoms with Crippen molar-refractivity contribution in [1.82, 2.24) is 0 Å². The highest BCUT2D eigenvalue weighted by Gasteiger charge is 2.74. The summed E-state index contributed by atoms with van der Waals surface area (Å²) in [7, 11) is 0. The molecule has 0 amide bonds. The fraction of sp³-hybridized carbons (Fsp3) is 1.00. The molecule has 154 valence electrons. The van der Waals surface area contributed by atoms with Gasteiger partial charge in [0, 0.05) is 5.92 Å². The highest BCUT2D eigenvalue weighted by molar-refractivity contribution is 4.97. The number of hydrogen-bond acceptors (Lipinski definition) is 0. The largest absolute Gasteiger partial charge is 0.459 e. The minimum atomic E-state index is -6.22. The molecule has 2 rings (SSSR count). The summed E-state index contributed by atoms with van der Waals surface area (Å²) in [5, 5.41) is 0. The Hall–Kier alpha value is -0.490. The maximum Gasteiger partial charge on any atom is 0.459 e. The van der Waals surface area contributed by atoms with E-state index in [2.05, 4.69) is 6.92 Å². The molecule has 0 heterocycles. The lowest BCUT2D eigenvalue weighted by Gasteiger charge is -2.41. The summed E-state index contributed by atoms with van der Waals surface area (Å²) < 4.78 is 91.2. The Balaban J connectivity index is 1.86. The summed E-state index contributed by atoms with van der Waals surface area (Å²) in [6.07, 6.45) is 1.83. The zero-order valence-electron chi connectivity index (χ0n) is 15.2. The van der Waals surface area contributed by atoms with Gasteiger partial charge in [-0.2, -0.15) is 30.7 Å². The van der Waals surface area contributed by atoms with E-state index in [1.807, 2.05) is 0 Å². The fourth-order valence-corrected chi connectivity index (χ4v) is 4.84. The summed E-state index contributed by atoms with van der Waals surface area (Å²) in [6, 6.07) is 0. The van der Waals surface area contributed by atoms with E-state index >= 15 is 0 Å². The van der Waals surface area contributed by atoms with Crippen LogP contribution in [0.1, 0.15) is 77.6 Å². The molecule has 0 aliphatic heterocycles. The van der Waals surface area contributed by atoms with Gasteiger partial charge >= 0.3 is 18.0 Å². The molecule has 0 bridgehead atoms. The number of hydrogen-bond donors (Lipinski definition) is 0. The van der Waals surface area contributed by atoms with Gasteiger partial charge in [-0.25, -0.2) is 0 Å². The first-order chi connectivity index (χ1) is 12.0. The summed E-state index contributed by atoms with van der Waals surface area (Å²) in [5.41, 5.74) is 0. The van der Waals surface area contributed by atoms with Crippen LogP contribution in [-0.2, 0) is 0 Å². The molecule has 0 radical (unpaired) electrons. The quantitative estimate of drug-likeness (QED) is 0.409. The van der Waals surface area contributed by atoms with E-state index < -0.39 is 23.9 Å². The molecule has 0 aromatic heterocycles. The smallest absolute Gasteiger partial charge is 0.199 e. The van der Waals surface area contributed by atoms with Crippen molar-refractivity contribution in [1.29, 1.82) is 0 Å². The summed E-state index contributed by atoms with van der Waals surface area (Å²) in [4.78, 5) is 0. The van der Waals surface area contributed by atoms with Gasteiger partial charge in [0.25, 0.3) is 0 Å². The van der Waals surface area contributed by atoms with Crippen LogP contribution in [-0.4, -0.2) is 18.0 Å². The van der Waals surface area contributed by atoms with Crippen molar-refractivity contribution in [2.75, 3.05) is 0 Å². The van der Waals surface area contributed by atoms with Crippen LogP contribution in [0.2, 0.25) is 0 Å². The predicted octanol–water partition coefficient (Wildman–Crippen LogP) is 7.62. The highest BCUT2D eigenvalue weighted by Crippen LogP contribution is 2.54. The van der Waals surface area contributed by atoms with Gasteiger partial charge in [0.05, 0.1) is 0 Å². The lowest BCUT2D eigenvalue weighted by molar-refractivity contribution is -0.367. The molecular formula is C19H29F7. The van der Waals surface area contributed by atoms with Crippen LogP contribution >= 0.6 is 0 Å². The van der Waals surface area contributed by atoms with Gasteiger partial charge in [0.1, 0.15) is 0 Å². The van der Waals surface area contributed by atoms with E-state index in [9.17, 15) is 30.7 Å². The molecule has 0 N–H and O–H groups in total. The molecule has 0 spiro atoms.